The molecule has 1 aromatic carbocycles. The van der Waals surface area contributed by atoms with Gasteiger partial charge in [0.2, 0.25) is 0 Å². The maximum absolute atomic E-state index is 5.69. The van der Waals surface area contributed by atoms with Gasteiger partial charge in [0.15, 0.2) is 11.5 Å². The van der Waals surface area contributed by atoms with Gasteiger partial charge in [-0.1, -0.05) is 13.0 Å². The molecule has 0 N–H and O–H groups in total. The van der Waals surface area contributed by atoms with Crippen LogP contribution < -0.4 is 9.47 Å². The SMILES string of the molecule is COc1cccc(Br)c1OCC(C)CS. The third-order valence-electron chi connectivity index (χ3n) is 1.97. The van der Waals surface area contributed by atoms with E-state index in [-0.39, 0.29) is 0 Å². The molecule has 0 bridgehead atoms. The van der Waals surface area contributed by atoms with Gasteiger partial charge in [0.1, 0.15) is 0 Å². The lowest BCUT2D eigenvalue weighted by Crippen LogP contribution is -2.10. The average Bonchev–Trinajstić information content (AvgIpc) is 2.26. The number of thiol groups is 1. The summed E-state index contributed by atoms with van der Waals surface area (Å²) in [5.41, 5.74) is 0. The standard InChI is InChI=1S/C11H15BrO2S/c1-8(7-15)6-14-11-9(12)4-3-5-10(11)13-2/h3-5,8,15H,6-7H2,1-2H3. The number of halogens is 1. The van der Waals surface area contributed by atoms with Crippen molar-refractivity contribution in [3.63, 3.8) is 0 Å². The van der Waals surface area contributed by atoms with Crippen LogP contribution in [0.1, 0.15) is 6.92 Å². The molecule has 2 nitrogen and oxygen atoms in total. The summed E-state index contributed by atoms with van der Waals surface area (Å²) in [5.74, 6) is 2.74. The van der Waals surface area contributed by atoms with Gasteiger partial charge in [-0.2, -0.15) is 12.6 Å². The second-order valence-corrected chi connectivity index (χ2v) is 4.59. The van der Waals surface area contributed by atoms with Gasteiger partial charge in [-0.25, -0.2) is 0 Å². The number of benzene rings is 1. The topological polar surface area (TPSA) is 18.5 Å². The van der Waals surface area contributed by atoms with E-state index in [1.54, 1.807) is 7.11 Å². The number of ether oxygens (including phenoxy) is 2. The normalized spacial score (nSPS) is 12.3. The van der Waals surface area contributed by atoms with Crippen molar-refractivity contribution in [3.8, 4) is 11.5 Å². The number of para-hydroxylation sites is 1. The van der Waals surface area contributed by atoms with Crippen LogP contribution in [-0.2, 0) is 0 Å². The molecule has 0 heterocycles. The Morgan fingerprint density at radius 3 is 2.80 bits per heavy atom. The minimum atomic E-state index is 0.421. The van der Waals surface area contributed by atoms with Crippen LogP contribution in [0.25, 0.3) is 0 Å². The molecule has 0 spiro atoms. The summed E-state index contributed by atoms with van der Waals surface area (Å²) in [5, 5.41) is 0. The van der Waals surface area contributed by atoms with Gasteiger partial charge in [0, 0.05) is 0 Å². The van der Waals surface area contributed by atoms with Crippen molar-refractivity contribution in [2.45, 2.75) is 6.92 Å². The molecule has 15 heavy (non-hydrogen) atoms. The summed E-state index contributed by atoms with van der Waals surface area (Å²) < 4.78 is 11.8. The Hall–Kier alpha value is -0.350. The summed E-state index contributed by atoms with van der Waals surface area (Å²) in [6, 6.07) is 5.73. The van der Waals surface area contributed by atoms with Crippen LogP contribution in [0, 0.1) is 5.92 Å². The van der Waals surface area contributed by atoms with E-state index in [2.05, 4.69) is 35.5 Å². The van der Waals surface area contributed by atoms with E-state index in [4.69, 9.17) is 9.47 Å². The molecule has 0 radical (unpaired) electrons. The fraction of sp³-hybridized carbons (Fsp3) is 0.455. The molecule has 0 saturated heterocycles. The van der Waals surface area contributed by atoms with Gasteiger partial charge in [0.25, 0.3) is 0 Å². The zero-order valence-electron chi connectivity index (χ0n) is 8.87. The second-order valence-electron chi connectivity index (χ2n) is 3.37. The second kappa shape index (κ2) is 6.28. The zero-order valence-corrected chi connectivity index (χ0v) is 11.3. The van der Waals surface area contributed by atoms with Gasteiger partial charge in [-0.05, 0) is 39.7 Å². The first-order chi connectivity index (χ1) is 7.19. The Bertz CT molecular complexity index is 317. The number of hydrogen-bond acceptors (Lipinski definition) is 3. The van der Waals surface area contributed by atoms with Gasteiger partial charge in [0.05, 0.1) is 18.2 Å². The first kappa shape index (κ1) is 12.7. The molecule has 1 aromatic rings. The first-order valence-corrected chi connectivity index (χ1v) is 6.17. The Kier molecular flexibility index (Phi) is 5.32. The third kappa shape index (κ3) is 3.61. The summed E-state index contributed by atoms with van der Waals surface area (Å²) >= 11 is 7.65. The molecular formula is C11H15BrO2S. The zero-order chi connectivity index (χ0) is 11.3. The molecule has 1 rings (SSSR count). The van der Waals surface area contributed by atoms with E-state index in [1.165, 1.54) is 0 Å². The van der Waals surface area contributed by atoms with Crippen molar-refractivity contribution >= 4 is 28.6 Å². The quantitative estimate of drug-likeness (QED) is 0.838. The molecule has 0 amide bonds. The average molecular weight is 291 g/mol. The van der Waals surface area contributed by atoms with Crippen molar-refractivity contribution in [1.29, 1.82) is 0 Å². The molecule has 0 fully saturated rings. The van der Waals surface area contributed by atoms with E-state index < -0.39 is 0 Å². The minimum Gasteiger partial charge on any atom is -0.493 e. The first-order valence-electron chi connectivity index (χ1n) is 4.75. The van der Waals surface area contributed by atoms with Gasteiger partial charge >= 0.3 is 0 Å². The van der Waals surface area contributed by atoms with E-state index in [0.29, 0.717) is 12.5 Å². The Morgan fingerprint density at radius 1 is 1.47 bits per heavy atom. The highest BCUT2D eigenvalue weighted by atomic mass is 79.9. The summed E-state index contributed by atoms with van der Waals surface area (Å²) in [4.78, 5) is 0. The highest BCUT2D eigenvalue weighted by molar-refractivity contribution is 9.10. The van der Waals surface area contributed by atoms with Crippen LogP contribution >= 0.6 is 28.6 Å². The van der Waals surface area contributed by atoms with E-state index in [0.717, 1.165) is 21.7 Å². The predicted octanol–water partition coefficient (Wildman–Crippen LogP) is 3.40. The summed E-state index contributed by atoms with van der Waals surface area (Å²) in [6.07, 6.45) is 0. The highest BCUT2D eigenvalue weighted by Crippen LogP contribution is 2.35. The third-order valence-corrected chi connectivity index (χ3v) is 3.22. The van der Waals surface area contributed by atoms with Crippen molar-refractivity contribution in [2.24, 2.45) is 5.92 Å². The Morgan fingerprint density at radius 2 is 2.20 bits per heavy atom. The van der Waals surface area contributed by atoms with Crippen LogP contribution in [0.3, 0.4) is 0 Å². The molecule has 0 aliphatic carbocycles. The van der Waals surface area contributed by atoms with E-state index >= 15 is 0 Å². The molecule has 1 unspecified atom stereocenters. The molecule has 4 heteroatoms. The lowest BCUT2D eigenvalue weighted by atomic mass is 10.2. The van der Waals surface area contributed by atoms with Crippen LogP contribution in [0.4, 0.5) is 0 Å². The van der Waals surface area contributed by atoms with Crippen LogP contribution in [0.5, 0.6) is 11.5 Å². The van der Waals surface area contributed by atoms with Gasteiger partial charge in [-0.15, -0.1) is 0 Å². The lowest BCUT2D eigenvalue weighted by molar-refractivity contribution is 0.257. The summed E-state index contributed by atoms with van der Waals surface area (Å²) in [6.45, 7) is 2.73. The number of hydrogen-bond donors (Lipinski definition) is 1. The Labute approximate surface area is 105 Å². The van der Waals surface area contributed by atoms with Crippen molar-refractivity contribution in [1.82, 2.24) is 0 Å². The van der Waals surface area contributed by atoms with E-state index in [1.807, 2.05) is 18.2 Å². The van der Waals surface area contributed by atoms with Crippen molar-refractivity contribution in [3.05, 3.63) is 22.7 Å². The molecule has 0 saturated carbocycles. The maximum Gasteiger partial charge on any atom is 0.175 e. The summed E-state index contributed by atoms with van der Waals surface area (Å²) in [7, 11) is 1.64. The number of methoxy groups -OCH3 is 1. The molecule has 1 atom stereocenters. The monoisotopic (exact) mass is 290 g/mol. The predicted molar refractivity (Wildman–Crippen MR) is 69.2 cm³/mol. The van der Waals surface area contributed by atoms with Crippen molar-refractivity contribution in [2.75, 3.05) is 19.5 Å². The van der Waals surface area contributed by atoms with Crippen LogP contribution in [0.2, 0.25) is 0 Å². The largest absolute Gasteiger partial charge is 0.493 e. The fourth-order valence-electron chi connectivity index (χ4n) is 1.07. The van der Waals surface area contributed by atoms with Gasteiger partial charge < -0.3 is 9.47 Å². The van der Waals surface area contributed by atoms with Gasteiger partial charge in [-0.3, -0.25) is 0 Å². The fourth-order valence-corrected chi connectivity index (χ4v) is 1.64. The van der Waals surface area contributed by atoms with E-state index in [9.17, 15) is 0 Å². The molecule has 84 valence electrons. The number of rotatable bonds is 5. The molecule has 0 aliphatic rings. The maximum atomic E-state index is 5.69. The Balaban J connectivity index is 2.74. The minimum absolute atomic E-state index is 0.421. The van der Waals surface area contributed by atoms with Crippen molar-refractivity contribution < 1.29 is 9.47 Å². The molecule has 0 aromatic heterocycles. The highest BCUT2D eigenvalue weighted by Gasteiger charge is 2.09. The van der Waals surface area contributed by atoms with Crippen LogP contribution in [-0.4, -0.2) is 19.5 Å². The van der Waals surface area contributed by atoms with Crippen LogP contribution in [0.15, 0.2) is 22.7 Å². The molecular weight excluding hydrogens is 276 g/mol. The smallest absolute Gasteiger partial charge is 0.175 e. The lowest BCUT2D eigenvalue weighted by Gasteiger charge is -2.14. The molecule has 0 aliphatic heterocycles.